The van der Waals surface area contributed by atoms with Crippen LogP contribution in [0.3, 0.4) is 0 Å². The van der Waals surface area contributed by atoms with Crippen molar-refractivity contribution < 1.29 is 13.9 Å². The van der Waals surface area contributed by atoms with E-state index in [-0.39, 0.29) is 5.91 Å². The van der Waals surface area contributed by atoms with E-state index < -0.39 is 0 Å². The first kappa shape index (κ1) is 16.9. The highest BCUT2D eigenvalue weighted by atomic mass is 16.5. The molecule has 0 fully saturated rings. The van der Waals surface area contributed by atoms with E-state index in [1.807, 2.05) is 79.7 Å². The summed E-state index contributed by atoms with van der Waals surface area (Å²) in [6.45, 7) is 1.89. The van der Waals surface area contributed by atoms with Crippen molar-refractivity contribution in [2.45, 2.75) is 6.92 Å². The molecule has 1 amide bonds. The van der Waals surface area contributed by atoms with E-state index in [1.54, 1.807) is 7.11 Å². The Hall–Kier alpha value is -3.53. The van der Waals surface area contributed by atoms with E-state index in [9.17, 15) is 4.79 Å². The number of rotatable bonds is 4. The maximum absolute atomic E-state index is 12.9. The lowest BCUT2D eigenvalue weighted by Gasteiger charge is -2.12. The fourth-order valence-electron chi connectivity index (χ4n) is 3.29. The second kappa shape index (κ2) is 7.00. The molecule has 0 saturated heterocycles. The minimum absolute atomic E-state index is 0.142. The van der Waals surface area contributed by atoms with Crippen LogP contribution in [0.1, 0.15) is 22.6 Å². The van der Waals surface area contributed by atoms with Gasteiger partial charge in [0.1, 0.15) is 17.3 Å². The van der Waals surface area contributed by atoms with Crippen LogP contribution >= 0.6 is 0 Å². The van der Waals surface area contributed by atoms with Gasteiger partial charge < -0.3 is 14.5 Å². The molecule has 1 aliphatic heterocycles. The van der Waals surface area contributed by atoms with Crippen LogP contribution in [0.25, 0.3) is 17.2 Å². The molecule has 1 N–H and O–H groups in total. The van der Waals surface area contributed by atoms with E-state index in [1.165, 1.54) is 0 Å². The number of para-hydroxylation sites is 1. The fourth-order valence-corrected chi connectivity index (χ4v) is 3.29. The Balaban J connectivity index is 1.97. The molecule has 2 aromatic carbocycles. The molecule has 0 aliphatic carbocycles. The topological polar surface area (TPSA) is 51.5 Å². The number of ether oxygens (including phenoxy) is 1. The van der Waals surface area contributed by atoms with Gasteiger partial charge in [-0.15, -0.1) is 0 Å². The zero-order chi connectivity index (χ0) is 18.8. The molecule has 3 aromatic rings. The number of benzene rings is 2. The molecule has 4 rings (SSSR count). The summed E-state index contributed by atoms with van der Waals surface area (Å²) in [5.74, 6) is 2.07. The van der Waals surface area contributed by atoms with E-state index >= 15 is 0 Å². The molecule has 1 aliphatic rings. The molecule has 0 saturated carbocycles. The summed E-state index contributed by atoms with van der Waals surface area (Å²) in [5, 5.41) is 2.99. The average molecular weight is 357 g/mol. The van der Waals surface area contributed by atoms with Crippen molar-refractivity contribution >= 4 is 23.1 Å². The standard InChI is InChI=1S/C23H19NO3/c1-15-12-13-17(27-15)14-19-22(18-10-6-7-11-20(18)26-2)21(23(25)24-19)16-8-4-3-5-9-16/h3-14H,1-2H3,(H,24,25)/b19-14-. The van der Waals surface area contributed by atoms with Gasteiger partial charge in [0, 0.05) is 17.2 Å². The van der Waals surface area contributed by atoms with Gasteiger partial charge in [0.15, 0.2) is 0 Å². The van der Waals surface area contributed by atoms with Gasteiger partial charge in [0.25, 0.3) is 5.91 Å². The van der Waals surface area contributed by atoms with Gasteiger partial charge in [0.05, 0.1) is 18.4 Å². The Morgan fingerprint density at radius 2 is 1.67 bits per heavy atom. The lowest BCUT2D eigenvalue weighted by molar-refractivity contribution is -0.114. The summed E-state index contributed by atoms with van der Waals surface area (Å²) in [7, 11) is 1.63. The molecule has 0 unspecified atom stereocenters. The maximum atomic E-state index is 12.9. The first-order valence-electron chi connectivity index (χ1n) is 8.70. The van der Waals surface area contributed by atoms with E-state index in [2.05, 4.69) is 5.32 Å². The minimum Gasteiger partial charge on any atom is -0.496 e. The predicted octanol–water partition coefficient (Wildman–Crippen LogP) is 4.68. The predicted molar refractivity (Wildman–Crippen MR) is 106 cm³/mol. The molecule has 0 bridgehead atoms. The number of hydrogen-bond donors (Lipinski definition) is 1. The third-order valence-electron chi connectivity index (χ3n) is 4.48. The highest BCUT2D eigenvalue weighted by Crippen LogP contribution is 2.40. The number of allylic oxidation sites excluding steroid dienone is 1. The van der Waals surface area contributed by atoms with Gasteiger partial charge in [-0.25, -0.2) is 0 Å². The monoisotopic (exact) mass is 357 g/mol. The molecule has 4 nitrogen and oxygen atoms in total. The van der Waals surface area contributed by atoms with E-state index in [0.29, 0.717) is 22.8 Å². The van der Waals surface area contributed by atoms with Crippen LogP contribution in [0.5, 0.6) is 5.75 Å². The number of nitrogens with one attached hydrogen (secondary N) is 1. The van der Waals surface area contributed by atoms with Crippen LogP contribution < -0.4 is 10.1 Å². The summed E-state index contributed by atoms with van der Waals surface area (Å²) < 4.78 is 11.2. The third kappa shape index (κ3) is 3.17. The molecule has 0 radical (unpaired) electrons. The number of carbonyl (C=O) groups is 1. The van der Waals surface area contributed by atoms with Gasteiger partial charge in [-0.2, -0.15) is 0 Å². The first-order valence-corrected chi connectivity index (χ1v) is 8.70. The summed E-state index contributed by atoms with van der Waals surface area (Å²) >= 11 is 0. The van der Waals surface area contributed by atoms with Gasteiger partial charge in [-0.05, 0) is 30.7 Å². The number of methoxy groups -OCH3 is 1. The highest BCUT2D eigenvalue weighted by Gasteiger charge is 2.31. The lowest BCUT2D eigenvalue weighted by atomic mass is 9.94. The van der Waals surface area contributed by atoms with Gasteiger partial charge in [-0.3, -0.25) is 4.79 Å². The van der Waals surface area contributed by atoms with Crippen LogP contribution in [0, 0.1) is 6.92 Å². The maximum Gasteiger partial charge on any atom is 0.257 e. The molecule has 1 aromatic heterocycles. The van der Waals surface area contributed by atoms with Gasteiger partial charge in [-0.1, -0.05) is 48.5 Å². The van der Waals surface area contributed by atoms with Crippen LogP contribution in [0.2, 0.25) is 0 Å². The van der Waals surface area contributed by atoms with Crippen molar-refractivity contribution in [3.63, 3.8) is 0 Å². The van der Waals surface area contributed by atoms with Crippen molar-refractivity contribution in [3.8, 4) is 5.75 Å². The van der Waals surface area contributed by atoms with Crippen molar-refractivity contribution in [2.24, 2.45) is 0 Å². The van der Waals surface area contributed by atoms with Crippen molar-refractivity contribution in [1.29, 1.82) is 0 Å². The zero-order valence-electron chi connectivity index (χ0n) is 15.2. The summed E-state index contributed by atoms with van der Waals surface area (Å²) in [5.41, 5.74) is 3.83. The molecule has 0 spiro atoms. The summed E-state index contributed by atoms with van der Waals surface area (Å²) in [6.07, 6.45) is 1.85. The number of furan rings is 1. The average Bonchev–Trinajstić information content (AvgIpc) is 3.25. The minimum atomic E-state index is -0.142. The molecule has 0 atom stereocenters. The first-order chi connectivity index (χ1) is 13.2. The smallest absolute Gasteiger partial charge is 0.257 e. The van der Waals surface area contributed by atoms with Gasteiger partial charge in [0.2, 0.25) is 0 Å². The molecular formula is C23H19NO3. The Bertz CT molecular complexity index is 1060. The summed E-state index contributed by atoms with van der Waals surface area (Å²) in [6, 6.07) is 21.1. The summed E-state index contributed by atoms with van der Waals surface area (Å²) in [4.78, 5) is 12.9. The zero-order valence-corrected chi connectivity index (χ0v) is 15.2. The number of hydrogen-bond acceptors (Lipinski definition) is 3. The molecule has 134 valence electrons. The normalized spacial score (nSPS) is 15.3. The lowest BCUT2D eigenvalue weighted by Crippen LogP contribution is -2.15. The highest BCUT2D eigenvalue weighted by molar-refractivity contribution is 6.34. The van der Waals surface area contributed by atoms with E-state index in [4.69, 9.17) is 9.15 Å². The van der Waals surface area contributed by atoms with Crippen LogP contribution in [-0.2, 0) is 4.79 Å². The van der Waals surface area contributed by atoms with Crippen LogP contribution in [-0.4, -0.2) is 13.0 Å². The Kier molecular flexibility index (Phi) is 4.38. The number of carbonyl (C=O) groups excluding carboxylic acids is 1. The Morgan fingerprint density at radius 1 is 0.926 bits per heavy atom. The SMILES string of the molecule is COc1ccccc1C1=C(c2ccccc2)C(=O)N/C1=C\c1ccc(C)o1. The second-order valence-electron chi connectivity index (χ2n) is 6.28. The van der Waals surface area contributed by atoms with Crippen molar-refractivity contribution in [3.05, 3.63) is 95.1 Å². The molecule has 2 heterocycles. The molecule has 27 heavy (non-hydrogen) atoms. The quantitative estimate of drug-likeness (QED) is 0.738. The largest absolute Gasteiger partial charge is 0.496 e. The van der Waals surface area contributed by atoms with E-state index in [0.717, 1.165) is 22.5 Å². The van der Waals surface area contributed by atoms with Crippen molar-refractivity contribution in [1.82, 2.24) is 5.32 Å². The fraction of sp³-hybridized carbons (Fsp3) is 0.0870. The second-order valence-corrected chi connectivity index (χ2v) is 6.28. The molecular weight excluding hydrogens is 338 g/mol. The number of aryl methyl sites for hydroxylation is 1. The van der Waals surface area contributed by atoms with Crippen molar-refractivity contribution in [2.75, 3.05) is 7.11 Å². The Labute approximate surface area is 157 Å². The Morgan fingerprint density at radius 3 is 2.37 bits per heavy atom. The van der Waals surface area contributed by atoms with Crippen LogP contribution in [0.15, 0.2) is 76.8 Å². The third-order valence-corrected chi connectivity index (χ3v) is 4.48. The number of amides is 1. The molecule has 4 heteroatoms. The van der Waals surface area contributed by atoms with Gasteiger partial charge >= 0.3 is 0 Å². The van der Waals surface area contributed by atoms with Crippen LogP contribution in [0.4, 0.5) is 0 Å².